The zero-order valence-electron chi connectivity index (χ0n) is 14.7. The highest BCUT2D eigenvalue weighted by atomic mass is 32.2. The minimum atomic E-state index is -0.282. The second-order valence-corrected chi connectivity index (χ2v) is 8.36. The third-order valence-corrected chi connectivity index (χ3v) is 5.73. The minimum Gasteiger partial charge on any atom is -0.355 e. The van der Waals surface area contributed by atoms with Gasteiger partial charge in [-0.3, -0.25) is 4.79 Å². The number of nitrogens with one attached hydrogen (secondary N) is 2. The third kappa shape index (κ3) is 6.04. The summed E-state index contributed by atoms with van der Waals surface area (Å²) in [5.41, 5.74) is 1.93. The van der Waals surface area contributed by atoms with Crippen LogP contribution in [-0.2, 0) is 11.2 Å². The van der Waals surface area contributed by atoms with Crippen molar-refractivity contribution in [2.24, 2.45) is 0 Å². The fraction of sp³-hybridized carbons (Fsp3) is 0.211. The predicted octanol–water partition coefficient (Wildman–Crippen LogP) is 4.26. The smallest absolute Gasteiger partial charge is 0.233 e. The second-order valence-electron chi connectivity index (χ2n) is 5.79. The summed E-state index contributed by atoms with van der Waals surface area (Å²) >= 11 is 2.78. The van der Waals surface area contributed by atoms with Crippen LogP contribution in [0.3, 0.4) is 0 Å². The number of aromatic nitrogens is 2. The van der Waals surface area contributed by atoms with Crippen molar-refractivity contribution in [2.75, 3.05) is 11.9 Å². The van der Waals surface area contributed by atoms with E-state index in [4.69, 9.17) is 0 Å². The standard InChI is InChI=1S/C19H19FN4OS2/c1-13(17(25)21-12-11-14-7-9-15(20)10-8-14)26-19-24-23-18(27-19)22-16-5-3-2-4-6-16/h2-10,13H,11-12H2,1H3,(H,21,25)(H,22,23)/t13-/m1/s1. The van der Waals surface area contributed by atoms with E-state index < -0.39 is 0 Å². The predicted molar refractivity (Wildman–Crippen MR) is 108 cm³/mol. The van der Waals surface area contributed by atoms with Crippen LogP contribution in [0.5, 0.6) is 0 Å². The van der Waals surface area contributed by atoms with Gasteiger partial charge in [0.15, 0.2) is 4.34 Å². The van der Waals surface area contributed by atoms with E-state index in [1.165, 1.54) is 35.2 Å². The molecular formula is C19H19FN4OS2. The Morgan fingerprint density at radius 3 is 2.63 bits per heavy atom. The van der Waals surface area contributed by atoms with Crippen LogP contribution in [0.15, 0.2) is 58.9 Å². The molecule has 0 radical (unpaired) electrons. The number of carbonyl (C=O) groups excluding carboxylic acids is 1. The molecule has 3 rings (SSSR count). The van der Waals surface area contributed by atoms with E-state index in [1.54, 1.807) is 12.1 Å². The summed E-state index contributed by atoms with van der Waals surface area (Å²) in [5.74, 6) is -0.319. The number of thioether (sulfide) groups is 1. The molecule has 0 spiro atoms. The maximum Gasteiger partial charge on any atom is 0.233 e. The van der Waals surface area contributed by atoms with Gasteiger partial charge in [-0.2, -0.15) is 0 Å². The lowest BCUT2D eigenvalue weighted by Crippen LogP contribution is -2.32. The van der Waals surface area contributed by atoms with E-state index in [9.17, 15) is 9.18 Å². The minimum absolute atomic E-state index is 0.0603. The summed E-state index contributed by atoms with van der Waals surface area (Å²) in [6.07, 6.45) is 0.660. The van der Waals surface area contributed by atoms with Gasteiger partial charge in [-0.25, -0.2) is 4.39 Å². The lowest BCUT2D eigenvalue weighted by molar-refractivity contribution is -0.120. The summed E-state index contributed by atoms with van der Waals surface area (Å²) in [5, 5.41) is 14.7. The second kappa shape index (κ2) is 9.48. The summed E-state index contributed by atoms with van der Waals surface area (Å²) in [4.78, 5) is 12.2. The van der Waals surface area contributed by atoms with Gasteiger partial charge < -0.3 is 10.6 Å². The van der Waals surface area contributed by atoms with Gasteiger partial charge in [0, 0.05) is 12.2 Å². The lowest BCUT2D eigenvalue weighted by atomic mass is 10.1. The lowest BCUT2D eigenvalue weighted by Gasteiger charge is -2.10. The van der Waals surface area contributed by atoms with Crippen molar-refractivity contribution in [3.05, 3.63) is 66.0 Å². The number of para-hydroxylation sites is 1. The van der Waals surface area contributed by atoms with E-state index in [1.807, 2.05) is 37.3 Å². The van der Waals surface area contributed by atoms with Gasteiger partial charge in [0.2, 0.25) is 11.0 Å². The van der Waals surface area contributed by atoms with E-state index in [2.05, 4.69) is 20.8 Å². The van der Waals surface area contributed by atoms with E-state index in [-0.39, 0.29) is 17.0 Å². The molecule has 1 aromatic heterocycles. The van der Waals surface area contributed by atoms with Gasteiger partial charge >= 0.3 is 0 Å². The monoisotopic (exact) mass is 402 g/mol. The van der Waals surface area contributed by atoms with Crippen LogP contribution in [-0.4, -0.2) is 27.9 Å². The molecule has 0 saturated heterocycles. The number of carbonyl (C=O) groups is 1. The normalized spacial score (nSPS) is 11.8. The Kier molecular flexibility index (Phi) is 6.78. The fourth-order valence-corrected chi connectivity index (χ4v) is 4.22. The van der Waals surface area contributed by atoms with Crippen molar-refractivity contribution in [2.45, 2.75) is 22.9 Å². The maximum atomic E-state index is 12.9. The Hall–Kier alpha value is -2.45. The first kappa shape index (κ1) is 19.3. The van der Waals surface area contributed by atoms with Crippen LogP contribution in [0.4, 0.5) is 15.2 Å². The molecule has 0 fully saturated rings. The van der Waals surface area contributed by atoms with Crippen molar-refractivity contribution in [1.29, 1.82) is 0 Å². The molecule has 3 aromatic rings. The molecule has 1 amide bonds. The number of benzene rings is 2. The Bertz CT molecular complexity index is 871. The molecule has 0 unspecified atom stereocenters. The van der Waals surface area contributed by atoms with Gasteiger partial charge in [-0.05, 0) is 43.2 Å². The topological polar surface area (TPSA) is 66.9 Å². The van der Waals surface area contributed by atoms with Crippen molar-refractivity contribution < 1.29 is 9.18 Å². The number of amides is 1. The average molecular weight is 403 g/mol. The van der Waals surface area contributed by atoms with Gasteiger partial charge in [-0.15, -0.1) is 10.2 Å². The van der Waals surface area contributed by atoms with Crippen LogP contribution >= 0.6 is 23.1 Å². The largest absolute Gasteiger partial charge is 0.355 e. The van der Waals surface area contributed by atoms with E-state index in [0.29, 0.717) is 18.1 Å². The van der Waals surface area contributed by atoms with Crippen molar-refractivity contribution >= 4 is 39.8 Å². The number of halogens is 1. The summed E-state index contributed by atoms with van der Waals surface area (Å²) in [6, 6.07) is 16.0. The number of anilines is 2. The molecule has 2 N–H and O–H groups in total. The molecule has 0 bridgehead atoms. The Balaban J connectivity index is 1.44. The Morgan fingerprint density at radius 1 is 1.15 bits per heavy atom. The average Bonchev–Trinajstić information content (AvgIpc) is 3.10. The molecule has 5 nitrogen and oxygen atoms in total. The summed E-state index contributed by atoms with van der Waals surface area (Å²) < 4.78 is 13.6. The van der Waals surface area contributed by atoms with Crippen molar-refractivity contribution in [3.63, 3.8) is 0 Å². The van der Waals surface area contributed by atoms with Crippen LogP contribution in [0.2, 0.25) is 0 Å². The third-order valence-electron chi connectivity index (χ3n) is 3.70. The molecule has 27 heavy (non-hydrogen) atoms. The quantitative estimate of drug-likeness (QED) is 0.551. The van der Waals surface area contributed by atoms with Crippen LogP contribution < -0.4 is 10.6 Å². The molecule has 0 aliphatic rings. The molecule has 140 valence electrons. The fourth-order valence-electron chi connectivity index (χ4n) is 2.28. The molecular weight excluding hydrogens is 383 g/mol. The van der Waals surface area contributed by atoms with Crippen LogP contribution in [0.1, 0.15) is 12.5 Å². The van der Waals surface area contributed by atoms with E-state index in [0.717, 1.165) is 15.6 Å². The zero-order valence-corrected chi connectivity index (χ0v) is 16.3. The van der Waals surface area contributed by atoms with Gasteiger partial charge in [-0.1, -0.05) is 53.4 Å². The molecule has 2 aromatic carbocycles. The number of rotatable bonds is 8. The van der Waals surface area contributed by atoms with Gasteiger partial charge in [0.05, 0.1) is 5.25 Å². The molecule has 0 aliphatic heterocycles. The highest BCUT2D eigenvalue weighted by Crippen LogP contribution is 2.30. The van der Waals surface area contributed by atoms with Gasteiger partial charge in [0.1, 0.15) is 5.82 Å². The molecule has 0 aliphatic carbocycles. The maximum absolute atomic E-state index is 12.9. The summed E-state index contributed by atoms with van der Waals surface area (Å²) in [7, 11) is 0. The summed E-state index contributed by atoms with van der Waals surface area (Å²) in [6.45, 7) is 2.34. The zero-order chi connectivity index (χ0) is 19.1. The van der Waals surface area contributed by atoms with Crippen LogP contribution in [0.25, 0.3) is 0 Å². The number of nitrogens with zero attached hydrogens (tertiary/aromatic N) is 2. The molecule has 0 saturated carbocycles. The first-order valence-corrected chi connectivity index (χ1v) is 10.1. The SMILES string of the molecule is C[C@@H](Sc1nnc(Nc2ccccc2)s1)C(=O)NCCc1ccc(F)cc1. The highest BCUT2D eigenvalue weighted by Gasteiger charge is 2.17. The number of hydrogen-bond acceptors (Lipinski definition) is 6. The first-order chi connectivity index (χ1) is 13.1. The molecule has 8 heteroatoms. The van der Waals surface area contributed by atoms with Crippen LogP contribution in [0, 0.1) is 5.82 Å². The molecule has 1 heterocycles. The highest BCUT2D eigenvalue weighted by molar-refractivity contribution is 8.02. The van der Waals surface area contributed by atoms with Crippen molar-refractivity contribution in [1.82, 2.24) is 15.5 Å². The van der Waals surface area contributed by atoms with E-state index >= 15 is 0 Å². The Labute approximate surface area is 165 Å². The number of hydrogen-bond donors (Lipinski definition) is 2. The first-order valence-electron chi connectivity index (χ1n) is 8.44. The Morgan fingerprint density at radius 2 is 1.89 bits per heavy atom. The van der Waals surface area contributed by atoms with Gasteiger partial charge in [0.25, 0.3) is 0 Å². The molecule has 1 atom stereocenters. The van der Waals surface area contributed by atoms with Crippen molar-refractivity contribution in [3.8, 4) is 0 Å².